The van der Waals surface area contributed by atoms with Crippen molar-refractivity contribution in [3.05, 3.63) is 35.9 Å². The quantitative estimate of drug-likeness (QED) is 0.479. The average Bonchev–Trinajstić information content (AvgIpc) is 2.51. The lowest BCUT2D eigenvalue weighted by Gasteiger charge is -2.07. The van der Waals surface area contributed by atoms with Crippen LogP contribution in [-0.2, 0) is 35.1 Å². The Bertz CT molecular complexity index is 417. The molecule has 21 heavy (non-hydrogen) atoms. The van der Waals surface area contributed by atoms with E-state index < -0.39 is 11.9 Å². The summed E-state index contributed by atoms with van der Waals surface area (Å²) in [5.74, 6) is -0.911. The highest BCUT2D eigenvalue weighted by Crippen LogP contribution is 2.00. The summed E-state index contributed by atoms with van der Waals surface area (Å²) in [5, 5.41) is 0. The molecule has 1 aromatic carbocycles. The first-order chi connectivity index (χ1) is 10.2. The second kappa shape index (κ2) is 10.8. The van der Waals surface area contributed by atoms with Crippen LogP contribution >= 0.6 is 0 Å². The third kappa shape index (κ3) is 8.78. The SMILES string of the molecule is CCOCC(=O)OCCOCC(=O)OCc1ccccc1. The van der Waals surface area contributed by atoms with Crippen LogP contribution in [-0.4, -0.2) is 45.0 Å². The summed E-state index contributed by atoms with van der Waals surface area (Å²) in [7, 11) is 0. The molecule has 0 saturated heterocycles. The number of benzene rings is 1. The van der Waals surface area contributed by atoms with Crippen LogP contribution in [0.4, 0.5) is 0 Å². The normalized spacial score (nSPS) is 10.1. The molecule has 0 N–H and O–H groups in total. The van der Waals surface area contributed by atoms with Crippen LogP contribution in [0, 0.1) is 0 Å². The summed E-state index contributed by atoms with van der Waals surface area (Å²) in [5.41, 5.74) is 0.913. The Morgan fingerprint density at radius 3 is 2.29 bits per heavy atom. The highest BCUT2D eigenvalue weighted by molar-refractivity contribution is 5.71. The Labute approximate surface area is 123 Å². The second-order valence-electron chi connectivity index (χ2n) is 4.06. The van der Waals surface area contributed by atoms with Crippen LogP contribution in [0.3, 0.4) is 0 Å². The highest BCUT2D eigenvalue weighted by atomic mass is 16.6. The van der Waals surface area contributed by atoms with Gasteiger partial charge in [0.15, 0.2) is 0 Å². The van der Waals surface area contributed by atoms with Gasteiger partial charge in [-0.2, -0.15) is 0 Å². The smallest absolute Gasteiger partial charge is 0.332 e. The van der Waals surface area contributed by atoms with Gasteiger partial charge in [0.25, 0.3) is 0 Å². The first-order valence-corrected chi connectivity index (χ1v) is 6.73. The minimum Gasteiger partial charge on any atom is -0.462 e. The molecule has 0 spiro atoms. The molecule has 0 radical (unpaired) electrons. The Morgan fingerprint density at radius 2 is 1.57 bits per heavy atom. The zero-order chi connectivity index (χ0) is 15.3. The van der Waals surface area contributed by atoms with Crippen LogP contribution in [0.1, 0.15) is 12.5 Å². The molecular weight excluding hydrogens is 276 g/mol. The average molecular weight is 296 g/mol. The van der Waals surface area contributed by atoms with Crippen molar-refractivity contribution in [2.75, 3.05) is 33.0 Å². The number of hydrogen-bond acceptors (Lipinski definition) is 6. The van der Waals surface area contributed by atoms with Crippen molar-refractivity contribution in [1.29, 1.82) is 0 Å². The Morgan fingerprint density at radius 1 is 0.905 bits per heavy atom. The van der Waals surface area contributed by atoms with Crippen molar-refractivity contribution in [3.8, 4) is 0 Å². The van der Waals surface area contributed by atoms with Gasteiger partial charge in [-0.05, 0) is 12.5 Å². The molecule has 1 rings (SSSR count). The van der Waals surface area contributed by atoms with E-state index in [4.69, 9.17) is 18.9 Å². The number of hydrogen-bond donors (Lipinski definition) is 0. The summed E-state index contributed by atoms with van der Waals surface area (Å²) in [6.07, 6.45) is 0. The van der Waals surface area contributed by atoms with E-state index in [-0.39, 0.29) is 33.0 Å². The molecule has 0 heterocycles. The van der Waals surface area contributed by atoms with E-state index in [1.165, 1.54) is 0 Å². The van der Waals surface area contributed by atoms with E-state index in [1.807, 2.05) is 30.3 Å². The molecule has 0 aliphatic carbocycles. The van der Waals surface area contributed by atoms with Gasteiger partial charge in [0.05, 0.1) is 6.61 Å². The van der Waals surface area contributed by atoms with E-state index in [1.54, 1.807) is 6.92 Å². The zero-order valence-electron chi connectivity index (χ0n) is 12.1. The van der Waals surface area contributed by atoms with Gasteiger partial charge in [-0.1, -0.05) is 30.3 Å². The van der Waals surface area contributed by atoms with Crippen molar-refractivity contribution in [2.45, 2.75) is 13.5 Å². The van der Waals surface area contributed by atoms with Crippen LogP contribution in [0.5, 0.6) is 0 Å². The van der Waals surface area contributed by atoms with Crippen molar-refractivity contribution in [2.24, 2.45) is 0 Å². The molecule has 6 nitrogen and oxygen atoms in total. The van der Waals surface area contributed by atoms with Crippen LogP contribution in [0.2, 0.25) is 0 Å². The van der Waals surface area contributed by atoms with Gasteiger partial charge in [-0.25, -0.2) is 9.59 Å². The molecule has 6 heteroatoms. The third-order valence-electron chi connectivity index (χ3n) is 2.38. The predicted octanol–water partition coefficient (Wildman–Crippen LogP) is 1.33. The molecule has 1 aromatic rings. The number of esters is 2. The fourth-order valence-corrected chi connectivity index (χ4v) is 1.38. The van der Waals surface area contributed by atoms with E-state index in [0.29, 0.717) is 6.61 Å². The fraction of sp³-hybridized carbons (Fsp3) is 0.467. The van der Waals surface area contributed by atoms with Gasteiger partial charge in [0.2, 0.25) is 0 Å². The van der Waals surface area contributed by atoms with E-state index in [9.17, 15) is 9.59 Å². The minimum atomic E-state index is -0.459. The zero-order valence-corrected chi connectivity index (χ0v) is 12.1. The molecule has 0 aliphatic heterocycles. The second-order valence-corrected chi connectivity index (χ2v) is 4.06. The molecule has 0 aliphatic rings. The molecule has 0 fully saturated rings. The van der Waals surface area contributed by atoms with Gasteiger partial charge in [0, 0.05) is 6.61 Å². The predicted molar refractivity (Wildman–Crippen MR) is 74.5 cm³/mol. The van der Waals surface area contributed by atoms with E-state index in [2.05, 4.69) is 0 Å². The lowest BCUT2D eigenvalue weighted by atomic mass is 10.2. The van der Waals surface area contributed by atoms with Gasteiger partial charge in [-0.3, -0.25) is 0 Å². The lowest BCUT2D eigenvalue weighted by Crippen LogP contribution is -2.18. The molecule has 0 aromatic heterocycles. The minimum absolute atomic E-state index is 0.0738. The van der Waals surface area contributed by atoms with Gasteiger partial charge in [0.1, 0.15) is 26.4 Å². The summed E-state index contributed by atoms with van der Waals surface area (Å²) in [4.78, 5) is 22.4. The fourth-order valence-electron chi connectivity index (χ4n) is 1.38. The van der Waals surface area contributed by atoms with Crippen molar-refractivity contribution < 1.29 is 28.5 Å². The molecule has 116 valence electrons. The standard InChI is InChI=1S/C15H20O6/c1-2-18-11-14(16)20-9-8-19-12-15(17)21-10-13-6-4-3-5-7-13/h3-7H,2,8-12H2,1H3. The van der Waals surface area contributed by atoms with Crippen molar-refractivity contribution >= 4 is 11.9 Å². The monoisotopic (exact) mass is 296 g/mol. The van der Waals surface area contributed by atoms with Crippen LogP contribution in [0.25, 0.3) is 0 Å². The third-order valence-corrected chi connectivity index (χ3v) is 2.38. The van der Waals surface area contributed by atoms with Crippen molar-refractivity contribution in [1.82, 2.24) is 0 Å². The Kier molecular flexibility index (Phi) is 8.83. The van der Waals surface area contributed by atoms with Gasteiger partial charge >= 0.3 is 11.9 Å². The first-order valence-electron chi connectivity index (χ1n) is 6.73. The van der Waals surface area contributed by atoms with Gasteiger partial charge < -0.3 is 18.9 Å². The van der Waals surface area contributed by atoms with E-state index >= 15 is 0 Å². The first kappa shape index (κ1) is 17.1. The molecule has 0 atom stereocenters. The molecular formula is C15H20O6. The number of carbonyl (C=O) groups is 2. The Hall–Kier alpha value is -1.92. The van der Waals surface area contributed by atoms with Crippen LogP contribution in [0.15, 0.2) is 30.3 Å². The topological polar surface area (TPSA) is 71.1 Å². The maximum Gasteiger partial charge on any atom is 0.332 e. The number of rotatable bonds is 10. The summed E-state index contributed by atoms with van der Waals surface area (Å²) >= 11 is 0. The van der Waals surface area contributed by atoms with Crippen molar-refractivity contribution in [3.63, 3.8) is 0 Å². The maximum absolute atomic E-state index is 11.4. The Balaban J connectivity index is 2.00. The molecule has 0 amide bonds. The largest absolute Gasteiger partial charge is 0.462 e. The number of ether oxygens (including phenoxy) is 4. The summed E-state index contributed by atoms with van der Waals surface area (Å²) in [6.45, 7) is 2.43. The lowest BCUT2D eigenvalue weighted by molar-refractivity contribution is -0.153. The molecule has 0 bridgehead atoms. The summed E-state index contributed by atoms with van der Waals surface area (Å²) < 4.78 is 19.8. The highest BCUT2D eigenvalue weighted by Gasteiger charge is 2.05. The van der Waals surface area contributed by atoms with Gasteiger partial charge in [-0.15, -0.1) is 0 Å². The van der Waals surface area contributed by atoms with E-state index in [0.717, 1.165) is 5.56 Å². The molecule has 0 saturated carbocycles. The summed E-state index contributed by atoms with van der Waals surface area (Å²) in [6, 6.07) is 9.37. The molecule has 0 unspecified atom stereocenters. The number of carbonyl (C=O) groups excluding carboxylic acids is 2. The maximum atomic E-state index is 11.4. The van der Waals surface area contributed by atoms with Crippen LogP contribution < -0.4 is 0 Å².